The highest BCUT2D eigenvalue weighted by atomic mass is 16.5. The Labute approximate surface area is 118 Å². The van der Waals surface area contributed by atoms with Crippen LogP contribution in [-0.4, -0.2) is 9.55 Å². The molecule has 0 aliphatic carbocycles. The number of rotatable bonds is 5. The summed E-state index contributed by atoms with van der Waals surface area (Å²) in [4.78, 5) is 4.38. The van der Waals surface area contributed by atoms with E-state index in [2.05, 4.69) is 11.6 Å². The molecule has 1 unspecified atom stereocenters. The second-order valence-electron chi connectivity index (χ2n) is 4.56. The van der Waals surface area contributed by atoms with Gasteiger partial charge in [-0.3, -0.25) is 0 Å². The molecule has 2 aromatic carbocycles. The van der Waals surface area contributed by atoms with E-state index < -0.39 is 0 Å². The first kappa shape index (κ1) is 12.6. The van der Waals surface area contributed by atoms with Gasteiger partial charge in [-0.05, 0) is 23.8 Å². The molecule has 0 spiro atoms. The molecule has 3 heteroatoms. The third-order valence-corrected chi connectivity index (χ3v) is 3.22. The van der Waals surface area contributed by atoms with E-state index in [1.165, 1.54) is 0 Å². The zero-order valence-electron chi connectivity index (χ0n) is 11.1. The summed E-state index contributed by atoms with van der Waals surface area (Å²) in [5, 5.41) is 0. The van der Waals surface area contributed by atoms with Crippen molar-refractivity contribution in [3.8, 4) is 0 Å². The highest BCUT2D eigenvalue weighted by Crippen LogP contribution is 2.20. The minimum Gasteiger partial charge on any atom is -0.350 e. The number of ether oxygens (including phenoxy) is 1. The molecule has 1 aromatic heterocycles. The van der Waals surface area contributed by atoms with Crippen molar-refractivity contribution in [3.63, 3.8) is 0 Å². The number of hydrogen-bond acceptors (Lipinski definition) is 2. The largest absolute Gasteiger partial charge is 0.350 e. The summed E-state index contributed by atoms with van der Waals surface area (Å²) >= 11 is 0. The Morgan fingerprint density at radius 1 is 1.10 bits per heavy atom. The Balaban J connectivity index is 1.81. The number of aromatic nitrogens is 2. The number of imidazole rings is 1. The first-order valence-corrected chi connectivity index (χ1v) is 6.58. The maximum absolute atomic E-state index is 5.93. The molecule has 0 saturated heterocycles. The van der Waals surface area contributed by atoms with Crippen LogP contribution in [0.3, 0.4) is 0 Å². The zero-order valence-corrected chi connectivity index (χ0v) is 11.1. The third-order valence-electron chi connectivity index (χ3n) is 3.22. The lowest BCUT2D eigenvalue weighted by atomic mass is 10.2. The van der Waals surface area contributed by atoms with Crippen molar-refractivity contribution in [3.05, 3.63) is 79.1 Å². The Kier molecular flexibility index (Phi) is 3.61. The van der Waals surface area contributed by atoms with Gasteiger partial charge in [-0.2, -0.15) is 0 Å². The summed E-state index contributed by atoms with van der Waals surface area (Å²) in [5.74, 6) is 0. The summed E-state index contributed by atoms with van der Waals surface area (Å²) in [7, 11) is 0. The van der Waals surface area contributed by atoms with Crippen LogP contribution < -0.4 is 0 Å². The van der Waals surface area contributed by atoms with Gasteiger partial charge in [0.25, 0.3) is 0 Å². The maximum atomic E-state index is 5.93. The van der Waals surface area contributed by atoms with Crippen molar-refractivity contribution in [2.45, 2.75) is 12.8 Å². The van der Waals surface area contributed by atoms with Crippen molar-refractivity contribution in [1.82, 2.24) is 9.55 Å². The monoisotopic (exact) mass is 264 g/mol. The van der Waals surface area contributed by atoms with Gasteiger partial charge in [-0.25, -0.2) is 4.98 Å². The SMILES string of the molecule is C=CC(OCc1ccccc1)n1cnc2ccccc21. The first-order chi connectivity index (χ1) is 9.88. The molecule has 20 heavy (non-hydrogen) atoms. The van der Waals surface area contributed by atoms with Gasteiger partial charge < -0.3 is 9.30 Å². The predicted molar refractivity (Wildman–Crippen MR) is 80.2 cm³/mol. The fraction of sp³-hybridized carbons (Fsp3) is 0.118. The minimum absolute atomic E-state index is 0.220. The molecule has 3 aromatic rings. The molecule has 1 heterocycles. The summed E-state index contributed by atoms with van der Waals surface area (Å²) in [6, 6.07) is 18.1. The van der Waals surface area contributed by atoms with E-state index in [1.807, 2.05) is 59.2 Å². The predicted octanol–water partition coefficient (Wildman–Crippen LogP) is 3.94. The van der Waals surface area contributed by atoms with Gasteiger partial charge in [0.2, 0.25) is 0 Å². The first-order valence-electron chi connectivity index (χ1n) is 6.58. The molecule has 0 fully saturated rings. The van der Waals surface area contributed by atoms with Crippen molar-refractivity contribution >= 4 is 11.0 Å². The minimum atomic E-state index is -0.220. The summed E-state index contributed by atoms with van der Waals surface area (Å²) < 4.78 is 7.93. The average molecular weight is 264 g/mol. The number of para-hydroxylation sites is 2. The second-order valence-corrected chi connectivity index (χ2v) is 4.56. The van der Waals surface area contributed by atoms with Gasteiger partial charge in [-0.1, -0.05) is 49.0 Å². The Bertz CT molecular complexity index is 703. The molecule has 3 nitrogen and oxygen atoms in total. The van der Waals surface area contributed by atoms with Gasteiger partial charge in [0.05, 0.1) is 24.0 Å². The lowest BCUT2D eigenvalue weighted by Crippen LogP contribution is -2.09. The van der Waals surface area contributed by atoms with Crippen LogP contribution in [0.1, 0.15) is 11.8 Å². The van der Waals surface area contributed by atoms with Gasteiger partial charge >= 0.3 is 0 Å². The van der Waals surface area contributed by atoms with Crippen LogP contribution in [0, 0.1) is 0 Å². The normalized spacial score (nSPS) is 12.4. The van der Waals surface area contributed by atoms with Gasteiger partial charge in [0.15, 0.2) is 6.23 Å². The lowest BCUT2D eigenvalue weighted by Gasteiger charge is -2.16. The molecular weight excluding hydrogens is 248 g/mol. The quantitative estimate of drug-likeness (QED) is 0.653. The molecule has 0 bridgehead atoms. The van der Waals surface area contributed by atoms with E-state index in [0.717, 1.165) is 16.6 Å². The maximum Gasteiger partial charge on any atom is 0.154 e. The van der Waals surface area contributed by atoms with Crippen LogP contribution in [0.5, 0.6) is 0 Å². The van der Waals surface area contributed by atoms with Crippen LogP contribution in [0.25, 0.3) is 11.0 Å². The molecule has 0 radical (unpaired) electrons. The van der Waals surface area contributed by atoms with Gasteiger partial charge in [0, 0.05) is 0 Å². The van der Waals surface area contributed by atoms with E-state index >= 15 is 0 Å². The molecule has 0 aliphatic heterocycles. The van der Waals surface area contributed by atoms with Crippen LogP contribution >= 0.6 is 0 Å². The molecule has 100 valence electrons. The summed E-state index contributed by atoms with van der Waals surface area (Å²) in [6.45, 7) is 4.41. The van der Waals surface area contributed by atoms with Gasteiger partial charge in [-0.15, -0.1) is 0 Å². The summed E-state index contributed by atoms with van der Waals surface area (Å²) in [6.07, 6.45) is 3.36. The van der Waals surface area contributed by atoms with Crippen LogP contribution in [-0.2, 0) is 11.3 Å². The van der Waals surface area contributed by atoms with Crippen molar-refractivity contribution in [1.29, 1.82) is 0 Å². The fourth-order valence-corrected chi connectivity index (χ4v) is 2.20. The molecule has 0 N–H and O–H groups in total. The van der Waals surface area contributed by atoms with E-state index in [-0.39, 0.29) is 6.23 Å². The van der Waals surface area contributed by atoms with Crippen molar-refractivity contribution in [2.24, 2.45) is 0 Å². The number of nitrogens with zero attached hydrogens (tertiary/aromatic N) is 2. The van der Waals surface area contributed by atoms with E-state index in [1.54, 1.807) is 12.4 Å². The fourth-order valence-electron chi connectivity index (χ4n) is 2.20. The van der Waals surface area contributed by atoms with Crippen LogP contribution in [0.15, 0.2) is 73.6 Å². The smallest absolute Gasteiger partial charge is 0.154 e. The number of hydrogen-bond donors (Lipinski definition) is 0. The standard InChI is InChI=1S/C17H16N2O/c1-2-17(20-12-14-8-4-3-5-9-14)19-13-18-15-10-6-7-11-16(15)19/h2-11,13,17H,1,12H2. The van der Waals surface area contributed by atoms with Crippen LogP contribution in [0.4, 0.5) is 0 Å². The topological polar surface area (TPSA) is 27.1 Å². The van der Waals surface area contributed by atoms with E-state index in [9.17, 15) is 0 Å². The molecule has 0 amide bonds. The van der Waals surface area contributed by atoms with Crippen LogP contribution in [0.2, 0.25) is 0 Å². The molecular formula is C17H16N2O. The Morgan fingerprint density at radius 3 is 2.65 bits per heavy atom. The van der Waals surface area contributed by atoms with E-state index in [0.29, 0.717) is 6.61 Å². The molecule has 0 aliphatic rings. The Morgan fingerprint density at radius 2 is 1.85 bits per heavy atom. The highest BCUT2D eigenvalue weighted by molar-refractivity contribution is 5.75. The zero-order chi connectivity index (χ0) is 13.8. The lowest BCUT2D eigenvalue weighted by molar-refractivity contribution is 0.0278. The highest BCUT2D eigenvalue weighted by Gasteiger charge is 2.10. The number of benzene rings is 2. The molecule has 1 atom stereocenters. The molecule has 3 rings (SSSR count). The Hall–Kier alpha value is -2.39. The van der Waals surface area contributed by atoms with Gasteiger partial charge in [0.1, 0.15) is 0 Å². The van der Waals surface area contributed by atoms with Crippen molar-refractivity contribution < 1.29 is 4.74 Å². The third kappa shape index (κ3) is 2.49. The second kappa shape index (κ2) is 5.72. The molecule has 0 saturated carbocycles. The van der Waals surface area contributed by atoms with Crippen molar-refractivity contribution in [2.75, 3.05) is 0 Å². The van der Waals surface area contributed by atoms with E-state index in [4.69, 9.17) is 4.74 Å². The number of fused-ring (bicyclic) bond motifs is 1. The average Bonchev–Trinajstić information content (AvgIpc) is 2.93. The summed E-state index contributed by atoms with van der Waals surface area (Å²) in [5.41, 5.74) is 3.15.